The van der Waals surface area contributed by atoms with Crippen molar-refractivity contribution < 1.29 is 0 Å². The maximum absolute atomic E-state index is 9.61. The van der Waals surface area contributed by atoms with Crippen molar-refractivity contribution in [2.45, 2.75) is 13.8 Å². The number of thiophene rings is 1. The lowest BCUT2D eigenvalue weighted by atomic mass is 10.2. The van der Waals surface area contributed by atoms with Crippen molar-refractivity contribution in [2.75, 3.05) is 11.1 Å². The van der Waals surface area contributed by atoms with Crippen LogP contribution >= 0.6 is 11.3 Å². The molecule has 0 amide bonds. The third-order valence-corrected chi connectivity index (χ3v) is 5.64. The largest absolute Gasteiger partial charge is 0.383 e. The Hall–Kier alpha value is -3.70. The van der Waals surface area contributed by atoms with Crippen LogP contribution in [0.15, 0.2) is 36.4 Å². The highest BCUT2D eigenvalue weighted by Crippen LogP contribution is 2.42. The van der Waals surface area contributed by atoms with Gasteiger partial charge < -0.3 is 11.1 Å². The van der Waals surface area contributed by atoms with Gasteiger partial charge >= 0.3 is 0 Å². The maximum Gasteiger partial charge on any atom is 0.167 e. The zero-order valence-electron chi connectivity index (χ0n) is 15.2. The van der Waals surface area contributed by atoms with Crippen molar-refractivity contribution in [1.29, 1.82) is 5.26 Å². The number of nitrogens with zero attached hydrogens (tertiary/aromatic N) is 5. The van der Waals surface area contributed by atoms with E-state index in [-0.39, 0.29) is 0 Å². The summed E-state index contributed by atoms with van der Waals surface area (Å²) in [5.74, 6) is 0.329. The fourth-order valence-corrected chi connectivity index (χ4v) is 4.43. The number of nitrogens with one attached hydrogen (secondary N) is 1. The number of aryl methyl sites for hydroxylation is 2. The Morgan fingerprint density at radius 2 is 1.89 bits per heavy atom. The number of aromatic nitrogens is 4. The molecule has 5 aromatic rings. The second-order valence-electron chi connectivity index (χ2n) is 6.58. The summed E-state index contributed by atoms with van der Waals surface area (Å²) in [6.45, 7) is 3.92. The van der Waals surface area contributed by atoms with Crippen molar-refractivity contribution in [3.05, 3.63) is 52.7 Å². The van der Waals surface area contributed by atoms with Crippen molar-refractivity contribution in [3.8, 4) is 6.07 Å². The number of fused-ring (bicyclic) bond motifs is 5. The first kappa shape index (κ1) is 16.5. The van der Waals surface area contributed by atoms with E-state index in [1.807, 2.05) is 50.2 Å². The number of nitriles is 1. The summed E-state index contributed by atoms with van der Waals surface area (Å²) >= 11 is 1.35. The molecule has 0 saturated carbocycles. The fourth-order valence-electron chi connectivity index (χ4n) is 3.47. The van der Waals surface area contributed by atoms with Crippen LogP contribution in [0, 0.1) is 25.2 Å². The Labute approximate surface area is 164 Å². The molecule has 0 saturated heterocycles. The van der Waals surface area contributed by atoms with Gasteiger partial charge in [0.15, 0.2) is 5.65 Å². The first-order valence-electron chi connectivity index (χ1n) is 8.67. The summed E-state index contributed by atoms with van der Waals surface area (Å²) in [5.41, 5.74) is 11.0. The number of nitrogens with two attached hydrogens (primary N) is 1. The Balaban J connectivity index is 1.92. The third kappa shape index (κ3) is 2.30. The average Bonchev–Trinajstić information content (AvgIpc) is 3.21. The van der Waals surface area contributed by atoms with E-state index in [0.29, 0.717) is 32.8 Å². The molecule has 0 aliphatic rings. The lowest BCUT2D eigenvalue weighted by Crippen LogP contribution is -1.97. The highest BCUT2D eigenvalue weighted by molar-refractivity contribution is 7.18. The molecule has 4 aromatic heterocycles. The Morgan fingerprint density at radius 1 is 1.11 bits per heavy atom. The van der Waals surface area contributed by atoms with Crippen molar-refractivity contribution in [2.24, 2.45) is 0 Å². The topological polar surface area (TPSA) is 105 Å². The summed E-state index contributed by atoms with van der Waals surface area (Å²) < 4.78 is 1.78. The molecule has 8 heteroatoms. The smallest absolute Gasteiger partial charge is 0.167 e. The lowest BCUT2D eigenvalue weighted by Gasteiger charge is -2.04. The van der Waals surface area contributed by atoms with Gasteiger partial charge in [-0.05, 0) is 32.0 Å². The molecule has 0 bridgehead atoms. The van der Waals surface area contributed by atoms with E-state index in [1.54, 1.807) is 4.52 Å². The highest BCUT2D eigenvalue weighted by atomic mass is 32.1. The van der Waals surface area contributed by atoms with E-state index >= 15 is 0 Å². The number of nitrogen functional groups attached to an aromatic ring is 1. The summed E-state index contributed by atoms with van der Waals surface area (Å²) in [7, 11) is 0. The predicted molar refractivity (Wildman–Crippen MR) is 112 cm³/mol. The van der Waals surface area contributed by atoms with Gasteiger partial charge in [0.05, 0.1) is 10.8 Å². The van der Waals surface area contributed by atoms with E-state index < -0.39 is 0 Å². The van der Waals surface area contributed by atoms with Crippen LogP contribution in [0.4, 0.5) is 16.5 Å². The van der Waals surface area contributed by atoms with Crippen LogP contribution in [0.2, 0.25) is 0 Å². The van der Waals surface area contributed by atoms with Gasteiger partial charge in [0.25, 0.3) is 0 Å². The molecule has 1 aromatic carbocycles. The minimum absolute atomic E-state index is 0.329. The Kier molecular flexibility index (Phi) is 3.47. The van der Waals surface area contributed by atoms with Crippen LogP contribution in [0.3, 0.4) is 0 Å². The van der Waals surface area contributed by atoms with Gasteiger partial charge in [-0.3, -0.25) is 0 Å². The van der Waals surface area contributed by atoms with E-state index in [2.05, 4.69) is 21.4 Å². The van der Waals surface area contributed by atoms with Crippen LogP contribution in [-0.2, 0) is 0 Å². The van der Waals surface area contributed by atoms with Gasteiger partial charge in [0.1, 0.15) is 32.8 Å². The second kappa shape index (κ2) is 5.90. The van der Waals surface area contributed by atoms with Crippen LogP contribution in [-0.4, -0.2) is 19.6 Å². The zero-order chi connectivity index (χ0) is 19.4. The average molecular weight is 385 g/mol. The second-order valence-corrected chi connectivity index (χ2v) is 7.60. The normalized spacial score (nSPS) is 11.3. The van der Waals surface area contributed by atoms with Gasteiger partial charge in [-0.25, -0.2) is 14.5 Å². The zero-order valence-corrected chi connectivity index (χ0v) is 16.0. The lowest BCUT2D eigenvalue weighted by molar-refractivity contribution is 0.900. The molecular weight excluding hydrogens is 370 g/mol. The molecule has 28 heavy (non-hydrogen) atoms. The van der Waals surface area contributed by atoms with E-state index in [1.165, 1.54) is 11.3 Å². The van der Waals surface area contributed by atoms with Gasteiger partial charge in [0, 0.05) is 17.1 Å². The predicted octanol–water partition coefficient (Wildman–Crippen LogP) is 4.31. The summed E-state index contributed by atoms with van der Waals surface area (Å²) in [5, 5.41) is 20.1. The van der Waals surface area contributed by atoms with Crippen LogP contribution in [0.5, 0.6) is 0 Å². The van der Waals surface area contributed by atoms with Crippen LogP contribution in [0.1, 0.15) is 16.3 Å². The van der Waals surface area contributed by atoms with Crippen molar-refractivity contribution in [1.82, 2.24) is 19.6 Å². The summed E-state index contributed by atoms with van der Waals surface area (Å²) in [6.07, 6.45) is 0. The van der Waals surface area contributed by atoms with Crippen LogP contribution in [0.25, 0.3) is 27.5 Å². The molecule has 0 unspecified atom stereocenters. The Morgan fingerprint density at radius 3 is 2.64 bits per heavy atom. The summed E-state index contributed by atoms with van der Waals surface area (Å²) in [6, 6.07) is 14.0. The number of anilines is 3. The van der Waals surface area contributed by atoms with Crippen LogP contribution < -0.4 is 11.1 Å². The maximum atomic E-state index is 9.61. The Bertz CT molecular complexity index is 1420. The van der Waals surface area contributed by atoms with Crippen molar-refractivity contribution >= 4 is 55.3 Å². The first-order valence-corrected chi connectivity index (χ1v) is 9.49. The van der Waals surface area contributed by atoms with Gasteiger partial charge in [-0.1, -0.05) is 18.2 Å². The van der Waals surface area contributed by atoms with Gasteiger partial charge in [0.2, 0.25) is 0 Å². The minimum atomic E-state index is 0.329. The molecule has 0 atom stereocenters. The number of hydrogen-bond acceptors (Lipinski definition) is 7. The number of para-hydroxylation sites is 1. The van der Waals surface area contributed by atoms with E-state index in [4.69, 9.17) is 10.8 Å². The van der Waals surface area contributed by atoms with Crippen molar-refractivity contribution in [3.63, 3.8) is 0 Å². The number of benzene rings is 1. The molecule has 0 spiro atoms. The molecule has 3 N–H and O–H groups in total. The minimum Gasteiger partial charge on any atom is -0.383 e. The molecule has 5 rings (SSSR count). The van der Waals surface area contributed by atoms with E-state index in [9.17, 15) is 5.26 Å². The third-order valence-electron chi connectivity index (χ3n) is 4.64. The number of pyridine rings is 1. The first-order chi connectivity index (χ1) is 13.6. The van der Waals surface area contributed by atoms with E-state index in [0.717, 1.165) is 27.5 Å². The fraction of sp³-hybridized carbons (Fsp3) is 0.100. The molecule has 0 aliphatic heterocycles. The molecule has 0 radical (unpaired) electrons. The molecular formula is C20H15N7S. The molecule has 136 valence electrons. The van der Waals surface area contributed by atoms with Gasteiger partial charge in [-0.2, -0.15) is 10.4 Å². The quantitative estimate of drug-likeness (QED) is 0.469. The summed E-state index contributed by atoms with van der Waals surface area (Å²) in [4.78, 5) is 9.68. The molecule has 7 nitrogen and oxygen atoms in total. The number of rotatable bonds is 2. The molecule has 0 fully saturated rings. The number of hydrogen-bond donors (Lipinski definition) is 2. The molecule has 4 heterocycles. The standard InChI is InChI=1S/C20H15N7S/c1-10-8-11(2)27-19(23-10)15-17(26-27)14-16(25-18(15)22)13(9-21)28-20(14)24-12-6-4-3-5-7-12/h3-8,24H,1-2H3,(H2,22,25). The highest BCUT2D eigenvalue weighted by Gasteiger charge is 2.22. The SMILES string of the molecule is Cc1cc(C)n2nc3c4c(Nc5ccccc5)sc(C#N)c4nc(N)c3c2n1. The molecule has 0 aliphatic carbocycles. The monoisotopic (exact) mass is 385 g/mol. The van der Waals surface area contributed by atoms with Gasteiger partial charge in [-0.15, -0.1) is 11.3 Å².